The molecule has 10 heteroatoms. The van der Waals surface area contributed by atoms with Crippen LogP contribution in [0.1, 0.15) is 22.0 Å². The first-order chi connectivity index (χ1) is 14.2. The predicted octanol–water partition coefficient (Wildman–Crippen LogP) is 2.44. The smallest absolute Gasteiger partial charge is 0.251 e. The van der Waals surface area contributed by atoms with Gasteiger partial charge in [-0.3, -0.25) is 4.79 Å². The molecular weight excluding hydrogens is 433 g/mol. The van der Waals surface area contributed by atoms with Gasteiger partial charge in [0.25, 0.3) is 5.91 Å². The van der Waals surface area contributed by atoms with E-state index in [4.69, 9.17) is 16.3 Å². The van der Waals surface area contributed by atoms with Gasteiger partial charge in [0, 0.05) is 36.3 Å². The molecule has 0 fully saturated rings. The normalized spacial score (nSPS) is 12.7. The summed E-state index contributed by atoms with van der Waals surface area (Å²) >= 11 is 6.16. The number of carbonyl (C=O) groups excluding carboxylic acids is 1. The second-order valence-corrected chi connectivity index (χ2v) is 8.91. The Bertz CT molecular complexity index is 948. The zero-order valence-electron chi connectivity index (χ0n) is 17.0. The summed E-state index contributed by atoms with van der Waals surface area (Å²) in [6.07, 6.45) is 0. The van der Waals surface area contributed by atoms with Crippen molar-refractivity contribution in [3.05, 3.63) is 64.4 Å². The van der Waals surface area contributed by atoms with Crippen molar-refractivity contribution in [2.75, 3.05) is 40.9 Å². The van der Waals surface area contributed by atoms with Crippen molar-refractivity contribution in [2.45, 2.75) is 10.9 Å². The van der Waals surface area contributed by atoms with Gasteiger partial charge >= 0.3 is 0 Å². The third-order valence-electron chi connectivity index (χ3n) is 4.44. The number of nitrogens with one attached hydrogen (secondary N) is 2. The van der Waals surface area contributed by atoms with Crippen LogP contribution in [0.3, 0.4) is 0 Å². The fourth-order valence-electron chi connectivity index (χ4n) is 2.81. The Morgan fingerprint density at radius 2 is 1.87 bits per heavy atom. The fraction of sp³-hybridized carbons (Fsp3) is 0.350. The molecule has 0 aromatic heterocycles. The number of hydrogen-bond donors (Lipinski definition) is 2. The molecule has 2 aromatic rings. The summed E-state index contributed by atoms with van der Waals surface area (Å²) in [7, 11) is 1.31. The molecule has 0 heterocycles. The van der Waals surface area contributed by atoms with Gasteiger partial charge in [0.1, 0.15) is 5.82 Å². The van der Waals surface area contributed by atoms with E-state index in [1.165, 1.54) is 43.5 Å². The summed E-state index contributed by atoms with van der Waals surface area (Å²) in [5.41, 5.74) is 0.580. The summed E-state index contributed by atoms with van der Waals surface area (Å²) < 4.78 is 45.9. The number of hydrogen-bond acceptors (Lipinski definition) is 5. The van der Waals surface area contributed by atoms with Crippen LogP contribution in [0.5, 0.6) is 0 Å². The van der Waals surface area contributed by atoms with E-state index in [0.29, 0.717) is 5.56 Å². The first-order valence-electron chi connectivity index (χ1n) is 9.14. The van der Waals surface area contributed by atoms with Crippen LogP contribution in [0.2, 0.25) is 5.02 Å². The molecule has 0 spiro atoms. The molecule has 0 bridgehead atoms. The van der Waals surface area contributed by atoms with Crippen molar-refractivity contribution in [3.63, 3.8) is 0 Å². The van der Waals surface area contributed by atoms with Crippen molar-refractivity contribution < 1.29 is 22.3 Å². The highest BCUT2D eigenvalue weighted by molar-refractivity contribution is 7.89. The van der Waals surface area contributed by atoms with Gasteiger partial charge in [-0.25, -0.2) is 17.5 Å². The van der Waals surface area contributed by atoms with Gasteiger partial charge in [0.05, 0.1) is 17.5 Å². The summed E-state index contributed by atoms with van der Waals surface area (Å²) in [6.45, 7) is 0.509. The van der Waals surface area contributed by atoms with Gasteiger partial charge in [-0.1, -0.05) is 17.7 Å². The maximum Gasteiger partial charge on any atom is 0.251 e. The van der Waals surface area contributed by atoms with Crippen molar-refractivity contribution in [1.29, 1.82) is 0 Å². The van der Waals surface area contributed by atoms with Crippen LogP contribution in [0.15, 0.2) is 47.4 Å². The number of benzene rings is 2. The third-order valence-corrected chi connectivity index (χ3v) is 6.24. The van der Waals surface area contributed by atoms with Gasteiger partial charge < -0.3 is 15.0 Å². The largest absolute Gasteiger partial charge is 0.383 e. The molecule has 1 amide bonds. The molecule has 2 rings (SSSR count). The Labute approximate surface area is 181 Å². The minimum Gasteiger partial charge on any atom is -0.383 e. The SMILES string of the molecule is COCCNS(=O)(=O)c1ccc(C(=O)NCC(c2c(F)cccc2Cl)N(C)C)cc1. The highest BCUT2D eigenvalue weighted by atomic mass is 35.5. The van der Waals surface area contributed by atoms with Crippen molar-refractivity contribution in [1.82, 2.24) is 14.9 Å². The number of likely N-dealkylation sites (N-methyl/N-ethyl adjacent to an activating group) is 1. The molecule has 1 atom stereocenters. The number of halogens is 2. The van der Waals surface area contributed by atoms with Crippen molar-refractivity contribution >= 4 is 27.5 Å². The molecule has 0 aliphatic rings. The standard InChI is InChI=1S/C20H25ClFN3O4S/c1-25(2)18(19-16(21)5-4-6-17(19)22)13-23-20(26)14-7-9-15(10-8-14)30(27,28)24-11-12-29-3/h4-10,18,24H,11-13H2,1-3H3,(H,23,26). The van der Waals surface area contributed by atoms with Crippen LogP contribution in [0.4, 0.5) is 4.39 Å². The van der Waals surface area contributed by atoms with E-state index in [9.17, 15) is 17.6 Å². The maximum absolute atomic E-state index is 14.3. The minimum atomic E-state index is -3.68. The highest BCUT2D eigenvalue weighted by Crippen LogP contribution is 2.28. The van der Waals surface area contributed by atoms with Crippen LogP contribution in [-0.4, -0.2) is 60.1 Å². The average Bonchev–Trinajstić information content (AvgIpc) is 2.70. The van der Waals surface area contributed by atoms with Gasteiger partial charge in [-0.2, -0.15) is 0 Å². The lowest BCUT2D eigenvalue weighted by atomic mass is 10.0. The molecule has 0 aliphatic carbocycles. The second-order valence-electron chi connectivity index (χ2n) is 6.74. The summed E-state index contributed by atoms with van der Waals surface area (Å²) in [6, 6.07) is 9.49. The Balaban J connectivity index is 2.08. The van der Waals surface area contributed by atoms with Gasteiger partial charge in [0.15, 0.2) is 0 Å². The van der Waals surface area contributed by atoms with E-state index < -0.39 is 27.8 Å². The van der Waals surface area contributed by atoms with Crippen molar-refractivity contribution in [2.24, 2.45) is 0 Å². The number of nitrogens with zero attached hydrogens (tertiary/aromatic N) is 1. The summed E-state index contributed by atoms with van der Waals surface area (Å²) in [5, 5.41) is 3.02. The molecule has 2 aromatic carbocycles. The maximum atomic E-state index is 14.3. The van der Waals surface area contributed by atoms with Gasteiger partial charge in [-0.05, 0) is 50.5 Å². The Hall–Kier alpha value is -2.04. The molecule has 0 radical (unpaired) electrons. The van der Waals surface area contributed by atoms with Gasteiger partial charge in [0.2, 0.25) is 10.0 Å². The van der Waals surface area contributed by atoms with Crippen LogP contribution >= 0.6 is 11.6 Å². The zero-order chi connectivity index (χ0) is 22.3. The molecule has 30 heavy (non-hydrogen) atoms. The zero-order valence-corrected chi connectivity index (χ0v) is 18.6. The number of carbonyl (C=O) groups is 1. The first-order valence-corrected chi connectivity index (χ1v) is 11.0. The Kier molecular flexibility index (Phi) is 8.75. The molecule has 164 valence electrons. The molecule has 1 unspecified atom stereocenters. The second kappa shape index (κ2) is 10.8. The average molecular weight is 458 g/mol. The molecule has 0 saturated carbocycles. The first kappa shape index (κ1) is 24.2. The number of ether oxygens (including phenoxy) is 1. The van der Waals surface area contributed by atoms with Crippen LogP contribution in [0, 0.1) is 5.82 Å². The van der Waals surface area contributed by atoms with Crippen molar-refractivity contribution in [3.8, 4) is 0 Å². The van der Waals surface area contributed by atoms with E-state index in [-0.39, 0.29) is 35.2 Å². The Morgan fingerprint density at radius 1 is 1.20 bits per heavy atom. The quantitative estimate of drug-likeness (QED) is 0.535. The molecule has 0 saturated heterocycles. The number of rotatable bonds is 10. The topological polar surface area (TPSA) is 87.7 Å². The fourth-order valence-corrected chi connectivity index (χ4v) is 4.11. The van der Waals surface area contributed by atoms with Gasteiger partial charge in [-0.15, -0.1) is 0 Å². The van der Waals surface area contributed by atoms with Crippen LogP contribution < -0.4 is 10.0 Å². The Morgan fingerprint density at radius 3 is 2.43 bits per heavy atom. The van der Waals surface area contributed by atoms with Crippen LogP contribution in [0.25, 0.3) is 0 Å². The molecule has 0 aliphatic heterocycles. The summed E-state index contributed by atoms with van der Waals surface area (Å²) in [4.78, 5) is 14.3. The lowest BCUT2D eigenvalue weighted by Crippen LogP contribution is -2.35. The van der Waals surface area contributed by atoms with E-state index in [1.807, 2.05) is 0 Å². The lowest BCUT2D eigenvalue weighted by Gasteiger charge is -2.26. The third kappa shape index (κ3) is 6.23. The predicted molar refractivity (Wildman–Crippen MR) is 114 cm³/mol. The molecular formula is C20H25ClFN3O4S. The van der Waals surface area contributed by atoms with Crippen LogP contribution in [-0.2, 0) is 14.8 Å². The number of methoxy groups -OCH3 is 1. The highest BCUT2D eigenvalue weighted by Gasteiger charge is 2.22. The minimum absolute atomic E-state index is 0.0412. The number of sulfonamides is 1. The van der Waals surface area contributed by atoms with E-state index in [2.05, 4.69) is 10.0 Å². The molecule has 2 N–H and O–H groups in total. The van der Waals surface area contributed by atoms with E-state index >= 15 is 0 Å². The summed E-state index contributed by atoms with van der Waals surface area (Å²) in [5.74, 6) is -0.864. The molecule has 7 nitrogen and oxygen atoms in total. The van der Waals surface area contributed by atoms with E-state index in [1.54, 1.807) is 25.1 Å². The van der Waals surface area contributed by atoms with E-state index in [0.717, 1.165) is 0 Å². The number of amides is 1. The monoisotopic (exact) mass is 457 g/mol. The lowest BCUT2D eigenvalue weighted by molar-refractivity contribution is 0.0941.